The monoisotopic (exact) mass is 305 g/mol. The average Bonchev–Trinajstić information content (AvgIpc) is 3.10. The van der Waals surface area contributed by atoms with E-state index in [9.17, 15) is 4.79 Å². The van der Waals surface area contributed by atoms with Gasteiger partial charge in [-0.15, -0.1) is 0 Å². The summed E-state index contributed by atoms with van der Waals surface area (Å²) in [6.07, 6.45) is 6.17. The number of carbonyl (C=O) groups is 1. The Labute approximate surface area is 123 Å². The largest absolute Gasteiger partial charge is 0.472 e. The van der Waals surface area contributed by atoms with Gasteiger partial charge in [0, 0.05) is 18.0 Å². The predicted octanol–water partition coefficient (Wildman–Crippen LogP) is 3.70. The summed E-state index contributed by atoms with van der Waals surface area (Å²) in [5.74, 6) is -0.290. The van der Waals surface area contributed by atoms with Crippen molar-refractivity contribution in [3.63, 3.8) is 0 Å². The second kappa shape index (κ2) is 5.44. The Kier molecular flexibility index (Phi) is 3.49. The van der Waals surface area contributed by atoms with Crippen LogP contribution >= 0.6 is 22.9 Å². The minimum Gasteiger partial charge on any atom is -0.472 e. The lowest BCUT2D eigenvalue weighted by Crippen LogP contribution is -2.09. The topological polar surface area (TPSA) is 68.0 Å². The Bertz CT molecular complexity index is 725. The maximum atomic E-state index is 11.9. The number of nitrogens with one attached hydrogen (secondary N) is 1. The third-order valence-electron chi connectivity index (χ3n) is 2.50. The quantitative estimate of drug-likeness (QED) is 0.801. The molecule has 3 rings (SSSR count). The summed E-state index contributed by atoms with van der Waals surface area (Å²) in [5, 5.41) is 4.16. The number of anilines is 1. The van der Waals surface area contributed by atoms with Gasteiger partial charge in [0.25, 0.3) is 5.91 Å². The number of furan rings is 1. The SMILES string of the molecule is O=C(Nc1sc(-c2cccnc2)nc1Cl)c1ccoc1. The second-order valence-corrected chi connectivity index (χ2v) is 5.20. The Hall–Kier alpha value is -2.18. The Balaban J connectivity index is 1.85. The zero-order valence-corrected chi connectivity index (χ0v) is 11.6. The molecule has 0 spiro atoms. The number of rotatable bonds is 3. The van der Waals surface area contributed by atoms with Gasteiger partial charge in [-0.25, -0.2) is 4.98 Å². The number of nitrogens with zero attached hydrogens (tertiary/aromatic N) is 2. The predicted molar refractivity (Wildman–Crippen MR) is 77.0 cm³/mol. The number of aromatic nitrogens is 2. The van der Waals surface area contributed by atoms with Gasteiger partial charge in [-0.05, 0) is 18.2 Å². The number of halogens is 1. The van der Waals surface area contributed by atoms with Gasteiger partial charge >= 0.3 is 0 Å². The molecule has 3 aromatic heterocycles. The molecule has 1 N–H and O–H groups in total. The van der Waals surface area contributed by atoms with Crippen molar-refractivity contribution in [2.24, 2.45) is 0 Å². The zero-order valence-electron chi connectivity index (χ0n) is 10.0. The maximum absolute atomic E-state index is 11.9. The first kappa shape index (κ1) is 12.8. The van der Waals surface area contributed by atoms with Crippen molar-refractivity contribution in [3.05, 3.63) is 53.8 Å². The molecule has 3 heterocycles. The lowest BCUT2D eigenvalue weighted by Gasteiger charge is -1.98. The minimum absolute atomic E-state index is 0.255. The second-order valence-electron chi connectivity index (χ2n) is 3.85. The van der Waals surface area contributed by atoms with Gasteiger partial charge in [-0.3, -0.25) is 9.78 Å². The van der Waals surface area contributed by atoms with Gasteiger partial charge in [0.1, 0.15) is 16.3 Å². The van der Waals surface area contributed by atoms with Crippen LogP contribution in [-0.2, 0) is 0 Å². The highest BCUT2D eigenvalue weighted by atomic mass is 35.5. The molecular weight excluding hydrogens is 298 g/mol. The lowest BCUT2D eigenvalue weighted by molar-refractivity contribution is 0.102. The number of hydrogen-bond acceptors (Lipinski definition) is 5. The number of amides is 1. The molecule has 20 heavy (non-hydrogen) atoms. The van der Waals surface area contributed by atoms with E-state index in [0.29, 0.717) is 15.6 Å². The van der Waals surface area contributed by atoms with Gasteiger partial charge in [0.2, 0.25) is 0 Å². The van der Waals surface area contributed by atoms with Gasteiger partial charge in [-0.2, -0.15) is 0 Å². The van der Waals surface area contributed by atoms with Crippen LogP contribution < -0.4 is 5.32 Å². The van der Waals surface area contributed by atoms with Gasteiger partial charge < -0.3 is 9.73 Å². The number of hydrogen-bond donors (Lipinski definition) is 1. The van der Waals surface area contributed by atoms with E-state index in [2.05, 4.69) is 15.3 Å². The lowest BCUT2D eigenvalue weighted by atomic mass is 10.3. The van der Waals surface area contributed by atoms with Crippen LogP contribution in [0.5, 0.6) is 0 Å². The van der Waals surface area contributed by atoms with Crippen molar-refractivity contribution in [2.75, 3.05) is 5.32 Å². The van der Waals surface area contributed by atoms with Crippen molar-refractivity contribution in [3.8, 4) is 10.6 Å². The molecule has 0 bridgehead atoms. The van der Waals surface area contributed by atoms with Gasteiger partial charge in [0.15, 0.2) is 5.15 Å². The van der Waals surface area contributed by atoms with Crippen molar-refractivity contribution < 1.29 is 9.21 Å². The van der Waals surface area contributed by atoms with Crippen LogP contribution in [0.15, 0.2) is 47.5 Å². The molecule has 0 aliphatic rings. The fourth-order valence-electron chi connectivity index (χ4n) is 1.56. The highest BCUT2D eigenvalue weighted by molar-refractivity contribution is 7.19. The van der Waals surface area contributed by atoms with E-state index in [4.69, 9.17) is 16.0 Å². The average molecular weight is 306 g/mol. The van der Waals surface area contributed by atoms with E-state index in [1.54, 1.807) is 18.5 Å². The Morgan fingerprint density at radius 3 is 3.00 bits per heavy atom. The summed E-state index contributed by atoms with van der Waals surface area (Å²) in [6.45, 7) is 0. The van der Waals surface area contributed by atoms with Crippen LogP contribution in [0.1, 0.15) is 10.4 Å². The van der Waals surface area contributed by atoms with Crippen LogP contribution in [0.4, 0.5) is 5.00 Å². The van der Waals surface area contributed by atoms with Crippen molar-refractivity contribution in [2.45, 2.75) is 0 Å². The first-order valence-electron chi connectivity index (χ1n) is 5.64. The van der Waals surface area contributed by atoms with Crippen LogP contribution in [0, 0.1) is 0 Å². The summed E-state index contributed by atoms with van der Waals surface area (Å²) in [6, 6.07) is 5.27. The van der Waals surface area contributed by atoms with Crippen LogP contribution in [0.2, 0.25) is 5.15 Å². The fraction of sp³-hybridized carbons (Fsp3) is 0. The van der Waals surface area contributed by atoms with Gasteiger partial charge in [-0.1, -0.05) is 22.9 Å². The van der Waals surface area contributed by atoms with Crippen molar-refractivity contribution in [1.82, 2.24) is 9.97 Å². The van der Waals surface area contributed by atoms with Crippen LogP contribution in [-0.4, -0.2) is 15.9 Å². The first-order chi connectivity index (χ1) is 9.74. The molecule has 5 nitrogen and oxygen atoms in total. The molecule has 0 fully saturated rings. The third-order valence-corrected chi connectivity index (χ3v) is 3.91. The Morgan fingerprint density at radius 2 is 2.30 bits per heavy atom. The molecule has 100 valence electrons. The van der Waals surface area contributed by atoms with Crippen LogP contribution in [0.25, 0.3) is 10.6 Å². The molecule has 0 aromatic carbocycles. The molecule has 1 amide bonds. The number of pyridine rings is 1. The van der Waals surface area contributed by atoms with Crippen molar-refractivity contribution in [1.29, 1.82) is 0 Å². The van der Waals surface area contributed by atoms with E-state index in [1.807, 2.05) is 12.1 Å². The molecule has 3 aromatic rings. The smallest absolute Gasteiger partial charge is 0.259 e. The first-order valence-corrected chi connectivity index (χ1v) is 6.84. The minimum atomic E-state index is -0.290. The maximum Gasteiger partial charge on any atom is 0.259 e. The van der Waals surface area contributed by atoms with E-state index in [-0.39, 0.29) is 11.1 Å². The zero-order chi connectivity index (χ0) is 13.9. The van der Waals surface area contributed by atoms with E-state index < -0.39 is 0 Å². The van der Waals surface area contributed by atoms with Crippen molar-refractivity contribution >= 4 is 33.8 Å². The third kappa shape index (κ3) is 2.56. The molecule has 7 heteroatoms. The molecule has 0 saturated carbocycles. The van der Waals surface area contributed by atoms with E-state index in [0.717, 1.165) is 5.56 Å². The normalized spacial score (nSPS) is 10.4. The summed E-state index contributed by atoms with van der Waals surface area (Å²) < 4.78 is 4.86. The summed E-state index contributed by atoms with van der Waals surface area (Å²) in [7, 11) is 0. The molecule has 0 radical (unpaired) electrons. The number of carbonyl (C=O) groups excluding carboxylic acids is 1. The fourth-order valence-corrected chi connectivity index (χ4v) is 2.70. The van der Waals surface area contributed by atoms with E-state index >= 15 is 0 Å². The standard InChI is InChI=1S/C13H8ClN3O2S/c14-10-13(17-11(18)9-3-5-19-7-9)20-12(16-10)8-2-1-4-15-6-8/h1-7H,(H,17,18). The molecule has 0 atom stereocenters. The summed E-state index contributed by atoms with van der Waals surface area (Å²) in [5.41, 5.74) is 1.28. The Morgan fingerprint density at radius 1 is 1.40 bits per heavy atom. The number of thiazole rings is 1. The molecule has 0 unspecified atom stereocenters. The molecular formula is C13H8ClN3O2S. The molecule has 0 aliphatic heterocycles. The molecule has 0 saturated heterocycles. The van der Waals surface area contributed by atoms with Crippen LogP contribution in [0.3, 0.4) is 0 Å². The highest BCUT2D eigenvalue weighted by Crippen LogP contribution is 2.34. The summed E-state index contributed by atoms with van der Waals surface area (Å²) in [4.78, 5) is 20.2. The van der Waals surface area contributed by atoms with Gasteiger partial charge in [0.05, 0.1) is 11.8 Å². The van der Waals surface area contributed by atoms with E-state index in [1.165, 1.54) is 23.9 Å². The highest BCUT2D eigenvalue weighted by Gasteiger charge is 2.15. The summed E-state index contributed by atoms with van der Waals surface area (Å²) >= 11 is 7.33. The molecule has 0 aliphatic carbocycles.